The van der Waals surface area contributed by atoms with Crippen molar-refractivity contribution in [1.82, 2.24) is 4.72 Å². The Morgan fingerprint density at radius 1 is 1.07 bits per heavy atom. The fourth-order valence-corrected chi connectivity index (χ4v) is 2.29. The van der Waals surface area contributed by atoms with Gasteiger partial charge in [0.05, 0.1) is 5.56 Å². The zero-order valence-electron chi connectivity index (χ0n) is 6.35. The molecule has 1 amide bonds. The standard InChI is InChI=1S/C7H5NO3S.FH.2Na.2H/c9-7-5-3-1-2-4-6(5)12(10,11)8-7;;;;;/h1-4H,(H,8,9);1H;;;;. The number of carbonyl (C=O) groups excluding carboxylic acids is 1. The van der Waals surface area contributed by atoms with Crippen molar-refractivity contribution < 1.29 is 17.9 Å². The number of halogens is 1. The maximum absolute atomic E-state index is 11.1. The van der Waals surface area contributed by atoms with Gasteiger partial charge in [0, 0.05) is 0 Å². The summed E-state index contributed by atoms with van der Waals surface area (Å²) in [5.74, 6) is -0.550. The van der Waals surface area contributed by atoms with Crippen molar-refractivity contribution in [3.8, 4) is 0 Å². The molecule has 0 saturated heterocycles. The summed E-state index contributed by atoms with van der Waals surface area (Å²) in [6.07, 6.45) is 0. The van der Waals surface area contributed by atoms with E-state index >= 15 is 0 Å². The number of carbonyl (C=O) groups is 1. The molecule has 0 aromatic heterocycles. The first-order valence-corrected chi connectivity index (χ1v) is 4.76. The third-order valence-electron chi connectivity index (χ3n) is 1.65. The molecule has 0 saturated carbocycles. The molecule has 0 atom stereocenters. The van der Waals surface area contributed by atoms with E-state index < -0.39 is 15.9 Å². The van der Waals surface area contributed by atoms with Crippen LogP contribution in [0, 0.1) is 0 Å². The van der Waals surface area contributed by atoms with Crippen LogP contribution in [0.4, 0.5) is 4.70 Å². The number of nitrogens with one attached hydrogen (secondary N) is 1. The van der Waals surface area contributed by atoms with Gasteiger partial charge in [-0.1, -0.05) is 12.1 Å². The Morgan fingerprint density at radius 2 is 1.60 bits per heavy atom. The Hall–Kier alpha value is 0.570. The van der Waals surface area contributed by atoms with E-state index in [0.717, 1.165) is 0 Å². The third-order valence-corrected chi connectivity index (χ3v) is 3.04. The second-order valence-corrected chi connectivity index (χ2v) is 4.08. The van der Waals surface area contributed by atoms with Crippen LogP contribution in [0.2, 0.25) is 0 Å². The van der Waals surface area contributed by atoms with E-state index in [4.69, 9.17) is 0 Å². The van der Waals surface area contributed by atoms with Crippen molar-refractivity contribution in [2.45, 2.75) is 4.90 Å². The van der Waals surface area contributed by atoms with Crippen molar-refractivity contribution in [2.75, 3.05) is 0 Å². The van der Waals surface area contributed by atoms with Crippen molar-refractivity contribution in [3.63, 3.8) is 0 Å². The summed E-state index contributed by atoms with van der Waals surface area (Å²) in [6, 6.07) is 6.09. The molecule has 0 fully saturated rings. The molecule has 1 aromatic rings. The van der Waals surface area contributed by atoms with E-state index in [0.29, 0.717) is 0 Å². The topological polar surface area (TPSA) is 63.2 Å². The first-order chi connectivity index (χ1) is 5.61. The molecule has 0 aliphatic carbocycles. The second-order valence-electron chi connectivity index (χ2n) is 2.43. The third kappa shape index (κ3) is 3.26. The molecule has 8 heteroatoms. The molecule has 4 nitrogen and oxygen atoms in total. The van der Waals surface area contributed by atoms with Gasteiger partial charge in [0.1, 0.15) is 4.90 Å². The molecule has 15 heavy (non-hydrogen) atoms. The van der Waals surface area contributed by atoms with Crippen LogP contribution in [0.15, 0.2) is 29.2 Å². The zero-order chi connectivity index (χ0) is 8.77. The van der Waals surface area contributed by atoms with Gasteiger partial charge in [-0.2, -0.15) is 0 Å². The Kier molecular flexibility index (Phi) is 7.59. The van der Waals surface area contributed by atoms with Gasteiger partial charge in [-0.25, -0.2) is 13.1 Å². The molecule has 1 aliphatic heterocycles. The summed E-state index contributed by atoms with van der Waals surface area (Å²) in [5.41, 5.74) is 0.220. The summed E-state index contributed by atoms with van der Waals surface area (Å²) in [5, 5.41) is 0. The number of fused-ring (bicyclic) bond motifs is 1. The minimum absolute atomic E-state index is 0. The van der Waals surface area contributed by atoms with Gasteiger partial charge in [0.2, 0.25) is 0 Å². The molecule has 1 aromatic carbocycles. The predicted molar refractivity (Wildman–Crippen MR) is 57.9 cm³/mol. The van der Waals surface area contributed by atoms with Crippen LogP contribution >= 0.6 is 0 Å². The van der Waals surface area contributed by atoms with Crippen LogP contribution in [-0.4, -0.2) is 73.4 Å². The van der Waals surface area contributed by atoms with E-state index in [1.807, 2.05) is 4.72 Å². The summed E-state index contributed by atoms with van der Waals surface area (Å²) in [7, 11) is -3.55. The molecular formula is C7H8FNNa2O3S. The normalized spacial score (nSPS) is 14.8. The SMILES string of the molecule is F.O=C1NS(=O)(=O)c2ccccc21.[NaH].[NaH]. The molecule has 0 spiro atoms. The second kappa shape index (κ2) is 6.34. The Bertz CT molecular complexity index is 463. The fraction of sp³-hybridized carbons (Fsp3) is 0. The van der Waals surface area contributed by atoms with Crippen molar-refractivity contribution >= 4 is 75.0 Å². The van der Waals surface area contributed by atoms with Crippen LogP contribution in [0.3, 0.4) is 0 Å². The molecule has 1 N–H and O–H groups in total. The van der Waals surface area contributed by atoms with Crippen molar-refractivity contribution in [1.29, 1.82) is 0 Å². The molecule has 0 unspecified atom stereocenters. The number of sulfonamides is 1. The van der Waals surface area contributed by atoms with E-state index in [1.165, 1.54) is 12.1 Å². The van der Waals surface area contributed by atoms with Crippen LogP contribution in [-0.2, 0) is 10.0 Å². The van der Waals surface area contributed by atoms with Gasteiger partial charge in [-0.15, -0.1) is 0 Å². The van der Waals surface area contributed by atoms with Crippen molar-refractivity contribution in [2.24, 2.45) is 0 Å². The maximum atomic E-state index is 11.1. The van der Waals surface area contributed by atoms with Crippen LogP contribution < -0.4 is 4.72 Å². The van der Waals surface area contributed by atoms with Gasteiger partial charge in [-0.05, 0) is 12.1 Å². The van der Waals surface area contributed by atoms with Gasteiger partial charge >= 0.3 is 59.1 Å². The Morgan fingerprint density at radius 3 is 2.13 bits per heavy atom. The van der Waals surface area contributed by atoms with Gasteiger partial charge in [-0.3, -0.25) is 9.50 Å². The van der Waals surface area contributed by atoms with E-state index in [1.54, 1.807) is 12.1 Å². The summed E-state index contributed by atoms with van der Waals surface area (Å²) >= 11 is 0. The van der Waals surface area contributed by atoms with Gasteiger partial charge < -0.3 is 0 Å². The van der Waals surface area contributed by atoms with Crippen LogP contribution in [0.25, 0.3) is 0 Å². The van der Waals surface area contributed by atoms with Crippen LogP contribution in [0.5, 0.6) is 0 Å². The van der Waals surface area contributed by atoms with Gasteiger partial charge in [0.15, 0.2) is 0 Å². The molecular weight excluding hydrogens is 243 g/mol. The number of amides is 1. The average molecular weight is 251 g/mol. The van der Waals surface area contributed by atoms with E-state index in [-0.39, 0.29) is 74.3 Å². The Labute approximate surface area is 131 Å². The summed E-state index contributed by atoms with van der Waals surface area (Å²) < 4.78 is 24.2. The quantitative estimate of drug-likeness (QED) is 0.600. The fourth-order valence-electron chi connectivity index (χ4n) is 1.12. The summed E-state index contributed by atoms with van der Waals surface area (Å²) in [6.45, 7) is 0. The first-order valence-electron chi connectivity index (χ1n) is 3.27. The molecule has 0 bridgehead atoms. The summed E-state index contributed by atoms with van der Waals surface area (Å²) in [4.78, 5) is 11.1. The monoisotopic (exact) mass is 251 g/mol. The van der Waals surface area contributed by atoms with Crippen LogP contribution in [0.1, 0.15) is 10.4 Å². The molecule has 1 aliphatic rings. The number of hydrogen-bond donors (Lipinski definition) is 1. The first kappa shape index (κ1) is 17.9. The molecule has 2 rings (SSSR count). The van der Waals surface area contributed by atoms with E-state index in [9.17, 15) is 13.2 Å². The number of hydrogen-bond acceptors (Lipinski definition) is 3. The van der Waals surface area contributed by atoms with Gasteiger partial charge in [0.25, 0.3) is 15.9 Å². The zero-order valence-corrected chi connectivity index (χ0v) is 7.17. The minimum atomic E-state index is -3.55. The predicted octanol–water partition coefficient (Wildman–Crippen LogP) is -1.03. The Balaban J connectivity index is 0. The molecule has 1 heterocycles. The van der Waals surface area contributed by atoms with Crippen molar-refractivity contribution in [3.05, 3.63) is 29.8 Å². The molecule has 74 valence electrons. The number of benzene rings is 1. The number of rotatable bonds is 0. The average Bonchev–Trinajstić information content (AvgIpc) is 2.25. The van der Waals surface area contributed by atoms with E-state index in [2.05, 4.69) is 0 Å². The molecule has 0 radical (unpaired) electrons.